The van der Waals surface area contributed by atoms with Crippen molar-refractivity contribution in [1.29, 1.82) is 0 Å². The van der Waals surface area contributed by atoms with Gasteiger partial charge in [-0.25, -0.2) is 0 Å². The van der Waals surface area contributed by atoms with Gasteiger partial charge in [0.05, 0.1) is 18.4 Å². The zero-order valence-corrected chi connectivity index (χ0v) is 19.3. The number of aldehydes is 1. The van der Waals surface area contributed by atoms with Crippen molar-refractivity contribution in [3.63, 3.8) is 0 Å². The van der Waals surface area contributed by atoms with Crippen molar-refractivity contribution < 1.29 is 14.1 Å². The molecule has 0 atom stereocenters. The van der Waals surface area contributed by atoms with Crippen LogP contribution in [-0.2, 0) is 11.2 Å². The highest BCUT2D eigenvalue weighted by Crippen LogP contribution is 2.40. The molecule has 0 fully saturated rings. The maximum atomic E-state index is 11.3. The number of ether oxygens (including phenoxy) is 1. The predicted octanol–water partition coefficient (Wildman–Crippen LogP) is 5.90. The molecule has 0 spiro atoms. The van der Waals surface area contributed by atoms with Crippen LogP contribution in [0.25, 0.3) is 17.2 Å². The summed E-state index contributed by atoms with van der Waals surface area (Å²) in [5.74, 6) is 1.45. The maximum Gasteiger partial charge on any atom is 0.145 e. The number of aryl methyl sites for hydroxylation is 2. The van der Waals surface area contributed by atoms with E-state index in [-0.39, 0.29) is 0 Å². The van der Waals surface area contributed by atoms with Crippen molar-refractivity contribution in [2.45, 2.75) is 27.2 Å². The first-order valence-electron chi connectivity index (χ1n) is 10.1. The predicted molar refractivity (Wildman–Crippen MR) is 126 cm³/mol. The molecule has 3 rings (SSSR count). The summed E-state index contributed by atoms with van der Waals surface area (Å²) in [5, 5.41) is 4.81. The van der Waals surface area contributed by atoms with Crippen molar-refractivity contribution in [3.8, 4) is 16.9 Å². The number of rotatable bonds is 8. The molecule has 2 aromatic carbocycles. The molecular weight excluding hydrogens is 412 g/mol. The Hall–Kier alpha value is -3.05. The van der Waals surface area contributed by atoms with Gasteiger partial charge in [0.15, 0.2) is 0 Å². The molecule has 0 amide bonds. The summed E-state index contributed by atoms with van der Waals surface area (Å²) in [6.07, 6.45) is 3.61. The molecule has 31 heavy (non-hydrogen) atoms. The second-order valence-corrected chi connectivity index (χ2v) is 8.05. The molecule has 0 bridgehead atoms. The van der Waals surface area contributed by atoms with Gasteiger partial charge in [-0.1, -0.05) is 28.9 Å². The van der Waals surface area contributed by atoms with Gasteiger partial charge in [-0.2, -0.15) is 0 Å². The quantitative estimate of drug-likeness (QED) is 0.323. The van der Waals surface area contributed by atoms with E-state index < -0.39 is 0 Å². The lowest BCUT2D eigenvalue weighted by atomic mass is 9.97. The topological polar surface area (TPSA) is 55.6 Å². The molecule has 0 aliphatic rings. The van der Waals surface area contributed by atoms with Crippen molar-refractivity contribution in [3.05, 3.63) is 69.6 Å². The van der Waals surface area contributed by atoms with Crippen LogP contribution in [0.4, 0.5) is 5.69 Å². The first kappa shape index (κ1) is 22.6. The number of hydrogen-bond acceptors (Lipinski definition) is 5. The molecule has 1 aromatic heterocycles. The standard InChI is InChI=1S/C25H27ClN2O3/c1-16(15-29)12-20-13-22(25-17(2)27-31-18(25)3)24(30-5)14-23(20)28(4)11-10-19-6-8-21(26)9-7-19/h6-9,12-15H,10-11H2,1-5H3/b16-12-. The van der Waals surface area contributed by atoms with E-state index in [0.717, 1.165) is 63.9 Å². The van der Waals surface area contributed by atoms with E-state index >= 15 is 0 Å². The number of hydrogen-bond donors (Lipinski definition) is 0. The molecule has 0 unspecified atom stereocenters. The number of methoxy groups -OCH3 is 1. The molecule has 0 N–H and O–H groups in total. The van der Waals surface area contributed by atoms with Crippen LogP contribution in [0.3, 0.4) is 0 Å². The normalized spacial score (nSPS) is 11.5. The summed E-state index contributed by atoms with van der Waals surface area (Å²) in [6, 6.07) is 11.9. The van der Waals surface area contributed by atoms with E-state index in [0.29, 0.717) is 5.57 Å². The van der Waals surface area contributed by atoms with E-state index in [1.807, 2.05) is 63.4 Å². The van der Waals surface area contributed by atoms with Gasteiger partial charge < -0.3 is 14.2 Å². The maximum absolute atomic E-state index is 11.3. The monoisotopic (exact) mass is 438 g/mol. The van der Waals surface area contributed by atoms with Crippen LogP contribution in [0, 0.1) is 13.8 Å². The number of carbonyl (C=O) groups excluding carboxylic acids is 1. The second kappa shape index (κ2) is 9.84. The zero-order valence-electron chi connectivity index (χ0n) is 18.5. The molecule has 3 aromatic rings. The molecule has 0 saturated heterocycles. The van der Waals surface area contributed by atoms with Crippen molar-refractivity contribution in [2.24, 2.45) is 0 Å². The van der Waals surface area contributed by atoms with Crippen LogP contribution >= 0.6 is 11.6 Å². The first-order chi connectivity index (χ1) is 14.8. The van der Waals surface area contributed by atoms with Gasteiger partial charge in [0, 0.05) is 35.9 Å². The SMILES string of the molecule is COc1cc(N(C)CCc2ccc(Cl)cc2)c(/C=C(/C)C=O)cc1-c1c(C)noc1C. The Balaban J connectivity index is 2.03. The Bertz CT molecular complexity index is 1080. The number of benzene rings is 2. The molecule has 6 heteroatoms. The summed E-state index contributed by atoms with van der Waals surface area (Å²) in [7, 11) is 3.69. The number of nitrogens with zero attached hydrogens (tertiary/aromatic N) is 2. The molecule has 0 aliphatic heterocycles. The zero-order chi connectivity index (χ0) is 22.5. The number of likely N-dealkylation sites (N-methyl/N-ethyl adjacent to an activating group) is 1. The average molecular weight is 439 g/mol. The summed E-state index contributed by atoms with van der Waals surface area (Å²) in [5.41, 5.74) is 6.34. The lowest BCUT2D eigenvalue weighted by molar-refractivity contribution is -0.104. The highest BCUT2D eigenvalue weighted by atomic mass is 35.5. The van der Waals surface area contributed by atoms with Crippen LogP contribution in [0.15, 0.2) is 46.5 Å². The Labute approximate surface area is 188 Å². The number of anilines is 1. The number of allylic oxidation sites excluding steroid dienone is 1. The smallest absolute Gasteiger partial charge is 0.145 e. The van der Waals surface area contributed by atoms with Crippen LogP contribution in [0.2, 0.25) is 5.02 Å². The van der Waals surface area contributed by atoms with Gasteiger partial charge in [0.1, 0.15) is 17.8 Å². The third kappa shape index (κ3) is 5.17. The lowest BCUT2D eigenvalue weighted by Crippen LogP contribution is -2.21. The minimum Gasteiger partial charge on any atom is -0.496 e. The van der Waals surface area contributed by atoms with E-state index in [2.05, 4.69) is 10.1 Å². The molecule has 1 heterocycles. The summed E-state index contributed by atoms with van der Waals surface area (Å²) in [6.45, 7) is 6.37. The molecule has 5 nitrogen and oxygen atoms in total. The average Bonchev–Trinajstić information content (AvgIpc) is 3.10. The van der Waals surface area contributed by atoms with Gasteiger partial charge in [0.25, 0.3) is 0 Å². The number of aromatic nitrogens is 1. The largest absolute Gasteiger partial charge is 0.496 e. The fraction of sp³-hybridized carbons (Fsp3) is 0.280. The number of halogens is 1. The molecular formula is C25H27ClN2O3. The van der Waals surface area contributed by atoms with Crippen LogP contribution in [-0.4, -0.2) is 32.1 Å². The van der Waals surface area contributed by atoms with Gasteiger partial charge in [-0.3, -0.25) is 4.79 Å². The first-order valence-corrected chi connectivity index (χ1v) is 10.5. The van der Waals surface area contributed by atoms with Gasteiger partial charge >= 0.3 is 0 Å². The minimum absolute atomic E-state index is 0.641. The van der Waals surface area contributed by atoms with Gasteiger partial charge in [-0.05, 0) is 68.2 Å². The third-order valence-corrected chi connectivity index (χ3v) is 5.53. The van der Waals surface area contributed by atoms with E-state index in [1.54, 1.807) is 14.0 Å². The Kier molecular flexibility index (Phi) is 7.18. The Morgan fingerprint density at radius 2 is 1.94 bits per heavy atom. The molecule has 0 radical (unpaired) electrons. The van der Waals surface area contributed by atoms with Gasteiger partial charge in [-0.15, -0.1) is 0 Å². The Morgan fingerprint density at radius 1 is 1.23 bits per heavy atom. The fourth-order valence-electron chi connectivity index (χ4n) is 3.61. The minimum atomic E-state index is 0.641. The van der Waals surface area contributed by atoms with Crippen molar-refractivity contribution >= 4 is 29.7 Å². The van der Waals surface area contributed by atoms with E-state index in [1.165, 1.54) is 5.56 Å². The van der Waals surface area contributed by atoms with E-state index in [9.17, 15) is 4.79 Å². The van der Waals surface area contributed by atoms with Gasteiger partial charge in [0.2, 0.25) is 0 Å². The third-order valence-electron chi connectivity index (χ3n) is 5.28. The fourth-order valence-corrected chi connectivity index (χ4v) is 3.74. The second-order valence-electron chi connectivity index (χ2n) is 7.61. The lowest BCUT2D eigenvalue weighted by Gasteiger charge is -2.24. The van der Waals surface area contributed by atoms with Crippen LogP contribution < -0.4 is 9.64 Å². The number of carbonyl (C=O) groups is 1. The molecule has 0 saturated carbocycles. The summed E-state index contributed by atoms with van der Waals surface area (Å²) >= 11 is 6.00. The van der Waals surface area contributed by atoms with Crippen molar-refractivity contribution in [2.75, 3.05) is 25.6 Å². The van der Waals surface area contributed by atoms with Crippen LogP contribution in [0.1, 0.15) is 29.5 Å². The Morgan fingerprint density at radius 3 is 2.52 bits per heavy atom. The van der Waals surface area contributed by atoms with Crippen LogP contribution in [0.5, 0.6) is 5.75 Å². The molecule has 0 aliphatic carbocycles. The summed E-state index contributed by atoms with van der Waals surface area (Å²) in [4.78, 5) is 13.5. The highest BCUT2D eigenvalue weighted by molar-refractivity contribution is 6.30. The van der Waals surface area contributed by atoms with Crippen molar-refractivity contribution in [1.82, 2.24) is 5.16 Å². The molecule has 162 valence electrons. The highest BCUT2D eigenvalue weighted by Gasteiger charge is 2.19. The summed E-state index contributed by atoms with van der Waals surface area (Å²) < 4.78 is 11.1. The van der Waals surface area contributed by atoms with E-state index in [4.69, 9.17) is 20.9 Å².